The molecule has 0 spiro atoms. The van der Waals surface area contributed by atoms with Crippen molar-refractivity contribution in [2.24, 2.45) is 0 Å². The summed E-state index contributed by atoms with van der Waals surface area (Å²) in [6.45, 7) is 2.02. The standard InChI is InChI=1S/C35H31F3N4O5S/c1-20-15-27(41-30(16-20)42-29-17-22(12-14-39-29)35(36,37)38)28-18-40-33(48-28)34(44)13-4-5-24-26(34)11-10-25(32(43)46-3)31(24)47-19-21-6-8-23(45-2)9-7-21/h6-12,14-18,44H,4-5,13,19H2,1-3H3,(H,39,41,42). The first-order valence-corrected chi connectivity index (χ1v) is 15.8. The Kier molecular flexibility index (Phi) is 9.08. The molecule has 0 amide bonds. The molecule has 6 rings (SSSR count). The maximum atomic E-state index is 13.2. The zero-order chi connectivity index (χ0) is 34.1. The van der Waals surface area contributed by atoms with Gasteiger partial charge in [-0.25, -0.2) is 19.7 Å². The Hall–Kier alpha value is -5.01. The van der Waals surface area contributed by atoms with E-state index in [1.54, 1.807) is 31.5 Å². The van der Waals surface area contributed by atoms with Crippen LogP contribution in [0.4, 0.5) is 24.8 Å². The molecule has 0 bridgehead atoms. The largest absolute Gasteiger partial charge is 0.497 e. The number of aryl methyl sites for hydroxylation is 1. The molecule has 1 unspecified atom stereocenters. The van der Waals surface area contributed by atoms with E-state index >= 15 is 0 Å². The number of ether oxygens (including phenoxy) is 3. The van der Waals surface area contributed by atoms with Crippen LogP contribution in [0.1, 0.15) is 56.0 Å². The van der Waals surface area contributed by atoms with Gasteiger partial charge in [0, 0.05) is 18.0 Å². The van der Waals surface area contributed by atoms with Gasteiger partial charge >= 0.3 is 12.1 Å². The third-order valence-corrected chi connectivity index (χ3v) is 9.21. The van der Waals surface area contributed by atoms with Gasteiger partial charge in [0.25, 0.3) is 0 Å². The summed E-state index contributed by atoms with van der Waals surface area (Å²) in [6, 6.07) is 16.1. The normalized spacial score (nSPS) is 15.8. The van der Waals surface area contributed by atoms with Gasteiger partial charge in [-0.05, 0) is 85.3 Å². The minimum absolute atomic E-state index is 0.00308. The molecule has 1 aliphatic rings. The molecule has 2 aromatic carbocycles. The number of carbonyl (C=O) groups excluding carboxylic acids is 1. The molecule has 0 saturated heterocycles. The average Bonchev–Trinajstić information content (AvgIpc) is 3.58. The summed E-state index contributed by atoms with van der Waals surface area (Å²) < 4.78 is 56.2. The summed E-state index contributed by atoms with van der Waals surface area (Å²) in [5.41, 5.74) is 1.44. The van der Waals surface area contributed by atoms with E-state index in [1.807, 2.05) is 37.3 Å². The fourth-order valence-corrected chi connectivity index (χ4v) is 6.71. The van der Waals surface area contributed by atoms with Crippen molar-refractivity contribution in [2.75, 3.05) is 19.5 Å². The van der Waals surface area contributed by atoms with Gasteiger partial charge < -0.3 is 24.6 Å². The number of fused-ring (bicyclic) bond motifs is 1. The topological polar surface area (TPSA) is 116 Å². The van der Waals surface area contributed by atoms with Gasteiger partial charge in [-0.1, -0.05) is 18.2 Å². The van der Waals surface area contributed by atoms with Crippen LogP contribution in [0.5, 0.6) is 11.5 Å². The first-order chi connectivity index (χ1) is 23.0. The van der Waals surface area contributed by atoms with E-state index in [1.165, 1.54) is 18.4 Å². The Bertz CT molecular complexity index is 1970. The van der Waals surface area contributed by atoms with E-state index in [0.717, 1.165) is 29.5 Å². The predicted octanol–water partition coefficient (Wildman–Crippen LogP) is 7.62. The lowest BCUT2D eigenvalue weighted by atomic mass is 9.78. The second-order valence-electron chi connectivity index (χ2n) is 11.3. The third kappa shape index (κ3) is 6.69. The highest BCUT2D eigenvalue weighted by Crippen LogP contribution is 2.47. The van der Waals surface area contributed by atoms with Crippen molar-refractivity contribution in [1.29, 1.82) is 0 Å². The molecular formula is C35H31F3N4O5S. The van der Waals surface area contributed by atoms with Crippen LogP contribution in [-0.2, 0) is 29.5 Å². The Morgan fingerprint density at radius 2 is 1.83 bits per heavy atom. The highest BCUT2D eigenvalue weighted by molar-refractivity contribution is 7.15. The Morgan fingerprint density at radius 1 is 1.04 bits per heavy atom. The van der Waals surface area contributed by atoms with Crippen LogP contribution < -0.4 is 14.8 Å². The van der Waals surface area contributed by atoms with E-state index < -0.39 is 23.3 Å². The number of halogens is 3. The summed E-state index contributed by atoms with van der Waals surface area (Å²) in [6.07, 6.45) is -0.253. The van der Waals surface area contributed by atoms with Crippen molar-refractivity contribution in [3.63, 3.8) is 0 Å². The van der Waals surface area contributed by atoms with Crippen molar-refractivity contribution < 1.29 is 37.3 Å². The first kappa shape index (κ1) is 32.9. The highest BCUT2D eigenvalue weighted by Gasteiger charge is 2.41. The van der Waals surface area contributed by atoms with Crippen molar-refractivity contribution in [2.45, 2.75) is 44.6 Å². The number of alkyl halides is 3. The lowest BCUT2D eigenvalue weighted by Crippen LogP contribution is -2.32. The van der Waals surface area contributed by atoms with Crippen LogP contribution in [0.3, 0.4) is 0 Å². The summed E-state index contributed by atoms with van der Waals surface area (Å²) in [5.74, 6) is 0.818. The summed E-state index contributed by atoms with van der Waals surface area (Å²) in [5, 5.41) is 15.5. The minimum atomic E-state index is -4.51. The van der Waals surface area contributed by atoms with Gasteiger partial charge in [0.15, 0.2) is 0 Å². The Morgan fingerprint density at radius 3 is 2.56 bits per heavy atom. The monoisotopic (exact) mass is 676 g/mol. The number of hydrogen-bond acceptors (Lipinski definition) is 10. The lowest BCUT2D eigenvalue weighted by molar-refractivity contribution is -0.137. The van der Waals surface area contributed by atoms with Crippen LogP contribution in [0.15, 0.2) is 73.1 Å². The maximum absolute atomic E-state index is 13.2. The number of nitrogens with zero attached hydrogens (tertiary/aromatic N) is 3. The molecule has 1 atom stereocenters. The zero-order valence-electron chi connectivity index (χ0n) is 26.2. The second-order valence-corrected chi connectivity index (χ2v) is 12.3. The summed E-state index contributed by atoms with van der Waals surface area (Å²) in [7, 11) is 2.89. The van der Waals surface area contributed by atoms with Crippen LogP contribution in [0.25, 0.3) is 10.6 Å². The number of aromatic nitrogens is 3. The van der Waals surface area contributed by atoms with Crippen LogP contribution in [0.2, 0.25) is 0 Å². The number of pyridine rings is 2. The molecule has 48 heavy (non-hydrogen) atoms. The summed E-state index contributed by atoms with van der Waals surface area (Å²) in [4.78, 5) is 26.7. The van der Waals surface area contributed by atoms with E-state index in [0.29, 0.717) is 63.3 Å². The van der Waals surface area contributed by atoms with Gasteiger partial charge in [-0.3, -0.25) is 0 Å². The third-order valence-electron chi connectivity index (χ3n) is 8.04. The van der Waals surface area contributed by atoms with Crippen molar-refractivity contribution in [3.8, 4) is 22.1 Å². The number of hydrogen-bond donors (Lipinski definition) is 2. The van der Waals surface area contributed by atoms with Gasteiger partial charge in [-0.2, -0.15) is 13.2 Å². The average molecular weight is 677 g/mol. The van der Waals surface area contributed by atoms with Crippen molar-refractivity contribution in [1.82, 2.24) is 15.0 Å². The SMILES string of the molecule is COC(=O)c1ccc2c(c1OCc1ccc(OC)cc1)CCCC2(O)c1ncc(-c2cc(C)cc(Nc3cc(C(F)(F)F)ccn3)n2)s1. The van der Waals surface area contributed by atoms with Gasteiger partial charge in [0.2, 0.25) is 0 Å². The molecule has 13 heteroatoms. The highest BCUT2D eigenvalue weighted by atomic mass is 32.1. The number of rotatable bonds is 9. The molecular weight excluding hydrogens is 645 g/mol. The number of benzene rings is 2. The van der Waals surface area contributed by atoms with Gasteiger partial charge in [-0.15, -0.1) is 11.3 Å². The van der Waals surface area contributed by atoms with E-state index in [9.17, 15) is 23.1 Å². The number of esters is 1. The number of anilines is 2. The molecule has 0 fully saturated rings. The number of carbonyl (C=O) groups is 1. The smallest absolute Gasteiger partial charge is 0.416 e. The fraction of sp³-hybridized carbons (Fsp3) is 0.257. The molecule has 248 valence electrons. The molecule has 0 saturated carbocycles. The summed E-state index contributed by atoms with van der Waals surface area (Å²) >= 11 is 1.26. The second kappa shape index (κ2) is 13.2. The molecule has 9 nitrogen and oxygen atoms in total. The van der Waals surface area contributed by atoms with Crippen LogP contribution >= 0.6 is 11.3 Å². The number of aliphatic hydroxyl groups is 1. The van der Waals surface area contributed by atoms with E-state index in [-0.39, 0.29) is 18.0 Å². The Balaban J connectivity index is 1.31. The molecule has 0 aliphatic heterocycles. The molecule has 3 aromatic heterocycles. The molecule has 3 heterocycles. The van der Waals surface area contributed by atoms with Crippen LogP contribution in [-0.4, -0.2) is 40.2 Å². The number of methoxy groups -OCH3 is 2. The number of thiazole rings is 1. The molecule has 0 radical (unpaired) electrons. The minimum Gasteiger partial charge on any atom is -0.497 e. The number of nitrogens with one attached hydrogen (secondary N) is 1. The maximum Gasteiger partial charge on any atom is 0.416 e. The quantitative estimate of drug-likeness (QED) is 0.152. The predicted molar refractivity (Wildman–Crippen MR) is 174 cm³/mol. The Labute approximate surface area is 278 Å². The van der Waals surface area contributed by atoms with E-state index in [2.05, 4.69) is 20.3 Å². The zero-order valence-corrected chi connectivity index (χ0v) is 27.0. The molecule has 2 N–H and O–H groups in total. The van der Waals surface area contributed by atoms with Gasteiger partial charge in [0.1, 0.15) is 45.9 Å². The fourth-order valence-electron chi connectivity index (χ4n) is 5.70. The first-order valence-electron chi connectivity index (χ1n) is 15.0. The molecule has 1 aliphatic carbocycles. The lowest BCUT2D eigenvalue weighted by Gasteiger charge is -2.34. The van der Waals surface area contributed by atoms with Crippen LogP contribution in [0, 0.1) is 6.92 Å². The van der Waals surface area contributed by atoms with Crippen molar-refractivity contribution in [3.05, 3.63) is 111 Å². The van der Waals surface area contributed by atoms with Crippen molar-refractivity contribution >= 4 is 28.9 Å². The van der Waals surface area contributed by atoms with E-state index in [4.69, 9.17) is 14.2 Å². The molecule has 5 aromatic rings. The van der Waals surface area contributed by atoms with Gasteiger partial charge in [0.05, 0.1) is 30.4 Å².